The van der Waals surface area contributed by atoms with E-state index in [2.05, 4.69) is 15.4 Å². The summed E-state index contributed by atoms with van der Waals surface area (Å²) in [5, 5.41) is 5.81. The summed E-state index contributed by atoms with van der Waals surface area (Å²) in [6.45, 7) is 3.75. The van der Waals surface area contributed by atoms with Crippen LogP contribution in [0.5, 0.6) is 11.5 Å². The van der Waals surface area contributed by atoms with Gasteiger partial charge in [0.2, 0.25) is 12.7 Å². The number of ether oxygens (including phenoxy) is 2. The van der Waals surface area contributed by atoms with Crippen LogP contribution in [0.15, 0.2) is 53.5 Å². The van der Waals surface area contributed by atoms with E-state index in [0.717, 1.165) is 0 Å². The Morgan fingerprint density at radius 1 is 1.13 bits per heavy atom. The lowest BCUT2D eigenvalue weighted by Gasteiger charge is -2.07. The number of carbonyl (C=O) groups excluding carboxylic acids is 1. The van der Waals surface area contributed by atoms with Crippen molar-refractivity contribution < 1.29 is 14.3 Å². The zero-order chi connectivity index (χ0) is 21.5. The molecule has 0 aliphatic carbocycles. The van der Waals surface area contributed by atoms with E-state index in [9.17, 15) is 9.59 Å². The van der Waals surface area contributed by atoms with Gasteiger partial charge in [-0.05, 0) is 30.3 Å². The molecule has 2 N–H and O–H groups in total. The second-order valence-corrected chi connectivity index (χ2v) is 7.43. The third-order valence-electron chi connectivity index (χ3n) is 4.98. The highest BCUT2D eigenvalue weighted by Gasteiger charge is 2.22. The molecule has 1 aromatic carbocycles. The maximum absolute atomic E-state index is 12.9. The number of amides is 1. The fourth-order valence-electron chi connectivity index (χ4n) is 3.35. The summed E-state index contributed by atoms with van der Waals surface area (Å²) in [4.78, 5) is 34.4. The average molecular weight is 417 g/mol. The van der Waals surface area contributed by atoms with Gasteiger partial charge >= 0.3 is 0 Å². The normalized spacial score (nSPS) is 12.5. The van der Waals surface area contributed by atoms with Crippen LogP contribution in [0.1, 0.15) is 13.8 Å². The fourth-order valence-corrected chi connectivity index (χ4v) is 3.35. The SMILES string of the molecule is CC(C)C(=O)Nc1[nH]n2c(=O)cc(-c3ccc4c(c3)OCO4)nc2c1-c1ccccn1. The van der Waals surface area contributed by atoms with Gasteiger partial charge in [-0.2, -0.15) is 4.52 Å². The number of aromatic amines is 1. The molecule has 3 aromatic heterocycles. The van der Waals surface area contributed by atoms with Crippen molar-refractivity contribution >= 4 is 17.4 Å². The molecule has 0 saturated heterocycles. The van der Waals surface area contributed by atoms with Crippen LogP contribution in [-0.2, 0) is 4.79 Å². The minimum atomic E-state index is -0.320. The van der Waals surface area contributed by atoms with Crippen molar-refractivity contribution in [2.45, 2.75) is 13.8 Å². The highest BCUT2D eigenvalue weighted by Crippen LogP contribution is 2.36. The number of nitrogens with one attached hydrogen (secondary N) is 2. The largest absolute Gasteiger partial charge is 0.454 e. The Labute approximate surface area is 176 Å². The molecule has 0 unspecified atom stereocenters. The molecule has 0 saturated carbocycles. The van der Waals surface area contributed by atoms with Gasteiger partial charge in [0, 0.05) is 23.7 Å². The predicted molar refractivity (Wildman–Crippen MR) is 114 cm³/mol. The number of rotatable bonds is 4. The fraction of sp³-hybridized carbons (Fsp3) is 0.182. The van der Waals surface area contributed by atoms with E-state index in [1.54, 1.807) is 44.3 Å². The van der Waals surface area contributed by atoms with Gasteiger partial charge in [-0.25, -0.2) is 4.98 Å². The maximum Gasteiger partial charge on any atom is 0.273 e. The molecule has 0 atom stereocenters. The summed E-state index contributed by atoms with van der Waals surface area (Å²) in [5.74, 6) is 1.19. The molecule has 31 heavy (non-hydrogen) atoms. The van der Waals surface area contributed by atoms with Gasteiger partial charge in [0.05, 0.1) is 17.0 Å². The number of nitrogens with zero attached hydrogens (tertiary/aromatic N) is 3. The van der Waals surface area contributed by atoms with E-state index in [0.29, 0.717) is 45.5 Å². The first-order valence-corrected chi connectivity index (χ1v) is 9.79. The molecule has 9 nitrogen and oxygen atoms in total. The summed E-state index contributed by atoms with van der Waals surface area (Å²) in [5.41, 5.74) is 2.34. The number of anilines is 1. The zero-order valence-electron chi connectivity index (χ0n) is 16.9. The number of hydrogen-bond acceptors (Lipinski definition) is 6. The average Bonchev–Trinajstić information content (AvgIpc) is 3.38. The first kappa shape index (κ1) is 18.9. The second kappa shape index (κ2) is 7.28. The van der Waals surface area contributed by atoms with Crippen LogP contribution >= 0.6 is 0 Å². The van der Waals surface area contributed by atoms with Gasteiger partial charge in [0.15, 0.2) is 17.1 Å². The molecule has 1 aliphatic rings. The number of carbonyl (C=O) groups is 1. The Kier molecular flexibility index (Phi) is 4.43. The molecule has 1 aliphatic heterocycles. The summed E-state index contributed by atoms with van der Waals surface area (Å²) in [6.07, 6.45) is 1.65. The van der Waals surface area contributed by atoms with Crippen molar-refractivity contribution in [1.29, 1.82) is 0 Å². The van der Waals surface area contributed by atoms with Gasteiger partial charge in [-0.1, -0.05) is 19.9 Å². The molecule has 156 valence electrons. The van der Waals surface area contributed by atoms with Crippen LogP contribution < -0.4 is 20.3 Å². The van der Waals surface area contributed by atoms with Crippen molar-refractivity contribution in [3.63, 3.8) is 0 Å². The summed E-state index contributed by atoms with van der Waals surface area (Å²) in [6, 6.07) is 12.2. The number of fused-ring (bicyclic) bond motifs is 2. The van der Waals surface area contributed by atoms with Crippen molar-refractivity contribution in [1.82, 2.24) is 19.6 Å². The number of hydrogen-bond donors (Lipinski definition) is 2. The smallest absolute Gasteiger partial charge is 0.273 e. The van der Waals surface area contributed by atoms with Crippen LogP contribution in [0.2, 0.25) is 0 Å². The van der Waals surface area contributed by atoms with Crippen molar-refractivity contribution in [2.75, 3.05) is 12.1 Å². The molecular formula is C22H19N5O4. The molecule has 0 radical (unpaired) electrons. The second-order valence-electron chi connectivity index (χ2n) is 7.43. The van der Waals surface area contributed by atoms with Gasteiger partial charge < -0.3 is 14.8 Å². The Hall–Kier alpha value is -4.14. The highest BCUT2D eigenvalue weighted by atomic mass is 16.7. The number of pyridine rings is 1. The molecule has 4 aromatic rings. The summed E-state index contributed by atoms with van der Waals surface area (Å²) in [7, 11) is 0. The molecule has 4 heterocycles. The Morgan fingerprint density at radius 3 is 2.74 bits per heavy atom. The maximum atomic E-state index is 12.9. The van der Waals surface area contributed by atoms with Gasteiger partial charge in [0.25, 0.3) is 5.56 Å². The molecule has 9 heteroatoms. The highest BCUT2D eigenvalue weighted by molar-refractivity contribution is 5.98. The molecule has 0 bridgehead atoms. The van der Waals surface area contributed by atoms with E-state index in [1.807, 2.05) is 12.1 Å². The van der Waals surface area contributed by atoms with E-state index < -0.39 is 0 Å². The quantitative estimate of drug-likeness (QED) is 0.528. The zero-order valence-corrected chi connectivity index (χ0v) is 16.9. The topological polar surface area (TPSA) is 111 Å². The predicted octanol–water partition coefficient (Wildman–Crippen LogP) is 3.07. The summed E-state index contributed by atoms with van der Waals surface area (Å²) < 4.78 is 12.1. The van der Waals surface area contributed by atoms with Crippen LogP contribution in [0.4, 0.5) is 5.82 Å². The lowest BCUT2D eigenvalue weighted by Crippen LogP contribution is -2.19. The van der Waals surface area contributed by atoms with Crippen LogP contribution in [0, 0.1) is 5.92 Å². The van der Waals surface area contributed by atoms with E-state index in [-0.39, 0.29) is 24.2 Å². The Morgan fingerprint density at radius 2 is 1.97 bits per heavy atom. The Bertz CT molecular complexity index is 1360. The minimum absolute atomic E-state index is 0.161. The number of aromatic nitrogens is 4. The van der Waals surface area contributed by atoms with Crippen molar-refractivity contribution in [3.8, 4) is 34.0 Å². The van der Waals surface area contributed by atoms with Gasteiger partial charge in [-0.3, -0.25) is 19.7 Å². The summed E-state index contributed by atoms with van der Waals surface area (Å²) >= 11 is 0. The lowest BCUT2D eigenvalue weighted by molar-refractivity contribution is -0.118. The monoisotopic (exact) mass is 417 g/mol. The van der Waals surface area contributed by atoms with Gasteiger partial charge in [-0.15, -0.1) is 0 Å². The Balaban J connectivity index is 1.72. The van der Waals surface area contributed by atoms with Crippen LogP contribution in [0.25, 0.3) is 28.2 Å². The van der Waals surface area contributed by atoms with E-state index >= 15 is 0 Å². The third-order valence-corrected chi connectivity index (χ3v) is 4.98. The molecule has 1 amide bonds. The lowest BCUT2D eigenvalue weighted by atomic mass is 10.1. The first-order valence-electron chi connectivity index (χ1n) is 9.79. The first-order chi connectivity index (χ1) is 15.0. The van der Waals surface area contributed by atoms with Crippen LogP contribution in [0.3, 0.4) is 0 Å². The third kappa shape index (κ3) is 3.29. The van der Waals surface area contributed by atoms with Gasteiger partial charge in [0.1, 0.15) is 5.82 Å². The number of benzene rings is 1. The van der Waals surface area contributed by atoms with Crippen molar-refractivity contribution in [2.24, 2.45) is 5.92 Å². The molecular weight excluding hydrogens is 398 g/mol. The molecule has 0 spiro atoms. The molecule has 0 fully saturated rings. The standard InChI is InChI=1S/C22H19N5O4/c1-12(2)22(29)25-20-19(14-5-3-4-8-23-14)21-24-15(10-18(28)27(21)26-20)13-6-7-16-17(9-13)31-11-30-16/h3-10,12,26H,11H2,1-2H3,(H,25,29). The molecule has 5 rings (SSSR count). The van der Waals surface area contributed by atoms with E-state index in [4.69, 9.17) is 14.5 Å². The minimum Gasteiger partial charge on any atom is -0.454 e. The van der Waals surface area contributed by atoms with E-state index in [1.165, 1.54) is 10.6 Å². The number of H-pyrrole nitrogens is 1. The van der Waals surface area contributed by atoms with Crippen molar-refractivity contribution in [3.05, 3.63) is 59.0 Å². The van der Waals surface area contributed by atoms with Crippen LogP contribution in [-0.4, -0.2) is 32.3 Å².